The number of aromatic nitrogens is 3. The van der Waals surface area contributed by atoms with Crippen LogP contribution in [-0.4, -0.2) is 21.3 Å². The maximum absolute atomic E-state index is 13.5. The van der Waals surface area contributed by atoms with Gasteiger partial charge in [0.1, 0.15) is 5.82 Å². The van der Waals surface area contributed by atoms with Crippen molar-refractivity contribution in [3.05, 3.63) is 47.3 Å². The summed E-state index contributed by atoms with van der Waals surface area (Å²) >= 11 is 0. The highest BCUT2D eigenvalue weighted by molar-refractivity contribution is 5.27. The maximum Gasteiger partial charge on any atom is 0.141 e. The van der Waals surface area contributed by atoms with Crippen LogP contribution in [0.25, 0.3) is 0 Å². The van der Waals surface area contributed by atoms with E-state index in [2.05, 4.69) is 42.2 Å². The monoisotopic (exact) mass is 290 g/mol. The topological polar surface area (TPSA) is 42.7 Å². The van der Waals surface area contributed by atoms with Crippen molar-refractivity contribution in [1.29, 1.82) is 0 Å². The van der Waals surface area contributed by atoms with Gasteiger partial charge in [-0.2, -0.15) is 5.10 Å². The van der Waals surface area contributed by atoms with Gasteiger partial charge in [-0.3, -0.25) is 9.67 Å². The quantitative estimate of drug-likeness (QED) is 0.852. The molecular formula is C16H23FN4. The summed E-state index contributed by atoms with van der Waals surface area (Å²) < 4.78 is 15.5. The molecule has 0 aliphatic carbocycles. The van der Waals surface area contributed by atoms with E-state index in [0.717, 1.165) is 42.9 Å². The Morgan fingerprint density at radius 3 is 2.67 bits per heavy atom. The van der Waals surface area contributed by atoms with Crippen molar-refractivity contribution in [1.82, 2.24) is 20.1 Å². The first-order chi connectivity index (χ1) is 10.2. The van der Waals surface area contributed by atoms with Crippen LogP contribution < -0.4 is 5.32 Å². The van der Waals surface area contributed by atoms with Crippen LogP contribution in [0, 0.1) is 5.82 Å². The van der Waals surface area contributed by atoms with E-state index in [-0.39, 0.29) is 11.9 Å². The predicted octanol–water partition coefficient (Wildman–Crippen LogP) is 3.09. The molecule has 0 aliphatic heterocycles. The van der Waals surface area contributed by atoms with E-state index >= 15 is 0 Å². The van der Waals surface area contributed by atoms with E-state index in [4.69, 9.17) is 0 Å². The number of nitrogens with zero attached hydrogens (tertiary/aromatic N) is 3. The zero-order valence-corrected chi connectivity index (χ0v) is 12.9. The number of aryl methyl sites for hydroxylation is 2. The third-order valence-electron chi connectivity index (χ3n) is 3.48. The second kappa shape index (κ2) is 7.31. The second-order valence-corrected chi connectivity index (χ2v) is 5.05. The first-order valence-electron chi connectivity index (χ1n) is 7.60. The van der Waals surface area contributed by atoms with Crippen LogP contribution in [0.1, 0.15) is 50.2 Å². The highest BCUT2D eigenvalue weighted by Gasteiger charge is 2.19. The van der Waals surface area contributed by atoms with Crippen molar-refractivity contribution in [2.45, 2.75) is 46.2 Å². The number of hydrogen-bond donors (Lipinski definition) is 1. The van der Waals surface area contributed by atoms with Gasteiger partial charge < -0.3 is 5.32 Å². The van der Waals surface area contributed by atoms with Gasteiger partial charge in [0, 0.05) is 12.7 Å². The van der Waals surface area contributed by atoms with Gasteiger partial charge in [0.05, 0.1) is 23.6 Å². The summed E-state index contributed by atoms with van der Waals surface area (Å²) in [5, 5.41) is 8.06. The third kappa shape index (κ3) is 3.67. The third-order valence-corrected chi connectivity index (χ3v) is 3.48. The van der Waals surface area contributed by atoms with Crippen molar-refractivity contribution >= 4 is 0 Å². The average Bonchev–Trinajstić information content (AvgIpc) is 2.91. The Morgan fingerprint density at radius 2 is 2.05 bits per heavy atom. The molecule has 0 saturated heterocycles. The molecule has 2 heterocycles. The highest BCUT2D eigenvalue weighted by atomic mass is 19.1. The van der Waals surface area contributed by atoms with Gasteiger partial charge in [-0.05, 0) is 44.0 Å². The molecule has 21 heavy (non-hydrogen) atoms. The molecule has 1 atom stereocenters. The fourth-order valence-corrected chi connectivity index (χ4v) is 2.41. The van der Waals surface area contributed by atoms with Gasteiger partial charge >= 0.3 is 0 Å². The van der Waals surface area contributed by atoms with E-state index < -0.39 is 0 Å². The van der Waals surface area contributed by atoms with E-state index in [1.54, 1.807) is 12.3 Å². The number of halogens is 1. The van der Waals surface area contributed by atoms with Crippen molar-refractivity contribution in [3.8, 4) is 0 Å². The van der Waals surface area contributed by atoms with Crippen LogP contribution in [0.4, 0.5) is 4.39 Å². The zero-order chi connectivity index (χ0) is 15.2. The van der Waals surface area contributed by atoms with Crippen molar-refractivity contribution in [3.63, 3.8) is 0 Å². The average molecular weight is 290 g/mol. The SMILES string of the molecule is CCCNC(c1cncc(F)c1)c1cc(CC)nn1CC. The Balaban J connectivity index is 2.42. The summed E-state index contributed by atoms with van der Waals surface area (Å²) in [5.74, 6) is -0.311. The Hall–Kier alpha value is -1.75. The van der Waals surface area contributed by atoms with Gasteiger partial charge in [0.15, 0.2) is 0 Å². The summed E-state index contributed by atoms with van der Waals surface area (Å²) in [7, 11) is 0. The van der Waals surface area contributed by atoms with Crippen LogP contribution in [-0.2, 0) is 13.0 Å². The number of rotatable bonds is 7. The molecule has 0 aromatic carbocycles. The Kier molecular flexibility index (Phi) is 5.44. The van der Waals surface area contributed by atoms with E-state index in [1.807, 2.05) is 4.68 Å². The Labute approximate surface area is 125 Å². The van der Waals surface area contributed by atoms with Crippen molar-refractivity contribution in [2.24, 2.45) is 0 Å². The molecule has 2 rings (SSSR count). The van der Waals surface area contributed by atoms with Gasteiger partial charge in [0.25, 0.3) is 0 Å². The molecule has 0 aliphatic rings. The molecule has 4 nitrogen and oxygen atoms in total. The van der Waals surface area contributed by atoms with Crippen LogP contribution >= 0.6 is 0 Å². The fourth-order valence-electron chi connectivity index (χ4n) is 2.41. The van der Waals surface area contributed by atoms with Crippen molar-refractivity contribution in [2.75, 3.05) is 6.54 Å². The lowest BCUT2D eigenvalue weighted by molar-refractivity contribution is 0.523. The molecule has 114 valence electrons. The zero-order valence-electron chi connectivity index (χ0n) is 12.9. The van der Waals surface area contributed by atoms with Crippen LogP contribution in [0.2, 0.25) is 0 Å². The molecule has 2 aromatic heterocycles. The lowest BCUT2D eigenvalue weighted by Gasteiger charge is -2.19. The molecule has 1 unspecified atom stereocenters. The summed E-state index contributed by atoms with van der Waals surface area (Å²) in [4.78, 5) is 3.98. The second-order valence-electron chi connectivity index (χ2n) is 5.05. The molecule has 0 radical (unpaired) electrons. The molecule has 0 amide bonds. The number of pyridine rings is 1. The molecular weight excluding hydrogens is 267 g/mol. The summed E-state index contributed by atoms with van der Waals surface area (Å²) in [6.07, 6.45) is 4.85. The van der Waals surface area contributed by atoms with Crippen LogP contribution in [0.3, 0.4) is 0 Å². The standard InChI is InChI=1S/C16H23FN4/c1-4-7-19-16(12-8-13(17)11-18-10-12)15-9-14(5-2)20-21(15)6-3/h8-11,16,19H,4-7H2,1-3H3. The number of hydrogen-bond acceptors (Lipinski definition) is 3. The minimum absolute atomic E-state index is 0.0825. The van der Waals surface area contributed by atoms with Crippen LogP contribution in [0.15, 0.2) is 24.5 Å². The predicted molar refractivity (Wildman–Crippen MR) is 81.6 cm³/mol. The van der Waals surface area contributed by atoms with E-state index in [1.165, 1.54) is 6.20 Å². The minimum atomic E-state index is -0.311. The lowest BCUT2D eigenvalue weighted by atomic mass is 10.0. The molecule has 0 saturated carbocycles. The summed E-state index contributed by atoms with van der Waals surface area (Å²) in [6.45, 7) is 7.92. The largest absolute Gasteiger partial charge is 0.305 e. The Bertz CT molecular complexity index is 579. The Morgan fingerprint density at radius 1 is 1.24 bits per heavy atom. The lowest BCUT2D eigenvalue weighted by Crippen LogP contribution is -2.26. The summed E-state index contributed by atoms with van der Waals surface area (Å²) in [5.41, 5.74) is 2.95. The first kappa shape index (κ1) is 15.6. The highest BCUT2D eigenvalue weighted by Crippen LogP contribution is 2.23. The van der Waals surface area contributed by atoms with E-state index in [0.29, 0.717) is 0 Å². The van der Waals surface area contributed by atoms with Crippen LogP contribution in [0.5, 0.6) is 0 Å². The van der Waals surface area contributed by atoms with Gasteiger partial charge in [-0.25, -0.2) is 4.39 Å². The molecule has 0 spiro atoms. The van der Waals surface area contributed by atoms with Gasteiger partial charge in [-0.1, -0.05) is 13.8 Å². The number of nitrogens with one attached hydrogen (secondary N) is 1. The van der Waals surface area contributed by atoms with E-state index in [9.17, 15) is 4.39 Å². The fraction of sp³-hybridized carbons (Fsp3) is 0.500. The molecule has 5 heteroatoms. The van der Waals surface area contributed by atoms with Crippen molar-refractivity contribution < 1.29 is 4.39 Å². The molecule has 2 aromatic rings. The normalized spacial score (nSPS) is 12.6. The molecule has 0 fully saturated rings. The minimum Gasteiger partial charge on any atom is -0.305 e. The summed E-state index contributed by atoms with van der Waals surface area (Å²) in [6, 6.07) is 3.56. The first-order valence-corrected chi connectivity index (χ1v) is 7.60. The maximum atomic E-state index is 13.5. The smallest absolute Gasteiger partial charge is 0.141 e. The van der Waals surface area contributed by atoms with Gasteiger partial charge in [-0.15, -0.1) is 0 Å². The molecule has 0 bridgehead atoms. The molecule has 1 N–H and O–H groups in total. The van der Waals surface area contributed by atoms with Gasteiger partial charge in [0.2, 0.25) is 0 Å².